The quantitative estimate of drug-likeness (QED) is 0.0870. The first-order valence-corrected chi connectivity index (χ1v) is 22.0. The molecular formula is C40H45ClN8O13S2. The zero-order chi connectivity index (χ0) is 46.2. The first kappa shape index (κ1) is 47.4. The van der Waals surface area contributed by atoms with Gasteiger partial charge in [0.2, 0.25) is 5.91 Å². The highest BCUT2D eigenvalue weighted by molar-refractivity contribution is 7.17. The summed E-state index contributed by atoms with van der Waals surface area (Å²) in [5, 5.41) is 59.4. The van der Waals surface area contributed by atoms with E-state index in [-0.39, 0.29) is 62.5 Å². The van der Waals surface area contributed by atoms with Gasteiger partial charge in [-0.25, -0.2) is 14.0 Å². The van der Waals surface area contributed by atoms with Crippen molar-refractivity contribution in [2.24, 2.45) is 0 Å². The molecule has 0 radical (unpaired) electrons. The Bertz CT molecular complexity index is 2770. The minimum atomic E-state index is -1.03. The van der Waals surface area contributed by atoms with Crippen molar-refractivity contribution in [1.29, 1.82) is 0 Å². The third kappa shape index (κ3) is 11.0. The van der Waals surface area contributed by atoms with E-state index in [9.17, 15) is 44.1 Å². The average Bonchev–Trinajstić information content (AvgIpc) is 4.11. The molecule has 64 heavy (non-hydrogen) atoms. The molecule has 24 heteroatoms. The van der Waals surface area contributed by atoms with Gasteiger partial charge >= 0.3 is 17.9 Å². The molecule has 1 amide bonds. The molecule has 6 aromatic heterocycles. The summed E-state index contributed by atoms with van der Waals surface area (Å²) in [5.74, 6) is -3.99. The van der Waals surface area contributed by atoms with Crippen molar-refractivity contribution in [3.8, 4) is 11.5 Å². The topological polar surface area (TPSA) is 274 Å². The number of esters is 2. The van der Waals surface area contributed by atoms with E-state index >= 15 is 0 Å². The Kier molecular flexibility index (Phi) is 15.6. The fraction of sp³-hybridized carbons (Fsp3) is 0.400. The van der Waals surface area contributed by atoms with Gasteiger partial charge in [0, 0.05) is 49.7 Å². The van der Waals surface area contributed by atoms with Gasteiger partial charge in [-0.15, -0.1) is 22.7 Å². The van der Waals surface area contributed by atoms with Crippen molar-refractivity contribution in [1.82, 2.24) is 38.0 Å². The number of fused-ring (bicyclic) bond motifs is 2. The number of thiophene rings is 2. The Balaban J connectivity index is 0.000000186. The minimum absolute atomic E-state index is 0.0303. The third-order valence-electron chi connectivity index (χ3n) is 9.93. The molecule has 2 aliphatic rings. The predicted molar refractivity (Wildman–Crippen MR) is 233 cm³/mol. The van der Waals surface area contributed by atoms with Gasteiger partial charge in [0.1, 0.15) is 24.2 Å². The molecule has 0 aromatic carbocycles. The number of β-amino-alcohol motifs (C(OH)–C–C–N with tert-alkyl or cyclic N) is 2. The molecule has 5 N–H and O–H groups in total. The Labute approximate surface area is 376 Å². The number of carboxylic acid groups (broad SMARTS) is 1. The van der Waals surface area contributed by atoms with Gasteiger partial charge < -0.3 is 39.9 Å². The van der Waals surface area contributed by atoms with Gasteiger partial charge in [0.15, 0.2) is 11.5 Å². The third-order valence-corrected chi connectivity index (χ3v) is 12.1. The van der Waals surface area contributed by atoms with Crippen molar-refractivity contribution in [3.63, 3.8) is 0 Å². The molecule has 8 rings (SSSR count). The number of aliphatic carboxylic acids is 1. The second-order valence-corrected chi connectivity index (χ2v) is 16.8. The standard InChI is InChI=1S/C20H22N4O6S.C16H15N3O6S.C4H8ClNO/c1-2-30-20(29)16-17(27)19(28)24(14-4-6-31-18(14)16)9-12-7-21-23(8-12)11-15(26)22-5-3-13(25)10-22;1-2-25-16(24)12-13(22)15(23)19(10-3-4-26-14(10)12)7-9-5-17-18(6-9)8-11(20)21;5-6-2-1-4(7)3-6/h4,6-8,13,25,27H,2-3,5,9-11H2,1H3;3-6,22H,2,7-8H2,1H3,(H,20,21);4,7H,1-3H2/t13-;;4-/m1.1/s1. The van der Waals surface area contributed by atoms with Crippen LogP contribution in [0.1, 0.15) is 58.5 Å². The van der Waals surface area contributed by atoms with E-state index in [2.05, 4.69) is 10.2 Å². The molecule has 8 heterocycles. The fourth-order valence-corrected chi connectivity index (χ4v) is 9.08. The van der Waals surface area contributed by atoms with Gasteiger partial charge in [0.05, 0.1) is 71.3 Å². The molecule has 2 saturated heterocycles. The number of carbonyl (C=O) groups is 4. The number of aromatic hydroxyl groups is 2. The lowest BCUT2D eigenvalue weighted by molar-refractivity contribution is -0.138. The first-order valence-electron chi connectivity index (χ1n) is 19.9. The van der Waals surface area contributed by atoms with E-state index in [0.29, 0.717) is 57.6 Å². The van der Waals surface area contributed by atoms with Crippen LogP contribution in [0, 0.1) is 0 Å². The van der Waals surface area contributed by atoms with E-state index in [0.717, 1.165) is 13.0 Å². The summed E-state index contributed by atoms with van der Waals surface area (Å²) < 4.78 is 17.8. The number of amides is 1. The number of hydrogen-bond donors (Lipinski definition) is 5. The highest BCUT2D eigenvalue weighted by Gasteiger charge is 2.27. The van der Waals surface area contributed by atoms with Gasteiger partial charge in [-0.3, -0.25) is 37.7 Å². The molecule has 0 spiro atoms. The molecular weight excluding hydrogens is 900 g/mol. The summed E-state index contributed by atoms with van der Waals surface area (Å²) >= 11 is 7.92. The Morgan fingerprint density at radius 2 is 1.22 bits per heavy atom. The molecule has 0 bridgehead atoms. The number of aliphatic hydroxyl groups is 2. The van der Waals surface area contributed by atoms with Crippen molar-refractivity contribution in [2.75, 3.05) is 39.4 Å². The number of pyridine rings is 2. The van der Waals surface area contributed by atoms with E-state index < -0.39 is 46.6 Å². The summed E-state index contributed by atoms with van der Waals surface area (Å²) in [4.78, 5) is 74.4. The maximum atomic E-state index is 12.8. The van der Waals surface area contributed by atoms with Crippen LogP contribution in [-0.2, 0) is 45.2 Å². The second kappa shape index (κ2) is 21.0. The maximum absolute atomic E-state index is 12.8. The minimum Gasteiger partial charge on any atom is -0.502 e. The molecule has 2 aliphatic heterocycles. The number of nitrogens with zero attached hydrogens (tertiary/aromatic N) is 8. The highest BCUT2D eigenvalue weighted by atomic mass is 35.5. The van der Waals surface area contributed by atoms with Crippen molar-refractivity contribution < 1.29 is 54.2 Å². The SMILES string of the molecule is CCOC(=O)c1c(O)c(=O)n(Cc2cnn(CC(=O)N3CC[C@@H](O)C3)c2)c2ccsc12.CCOC(=O)c1c(O)c(=O)n(Cc2cnn(CC(=O)O)c2)c2ccsc12.O[C@@H]1CCN(Cl)C1. The number of halogens is 1. The Morgan fingerprint density at radius 1 is 0.750 bits per heavy atom. The molecule has 21 nitrogen and oxygen atoms in total. The number of rotatable bonds is 12. The lowest BCUT2D eigenvalue weighted by Gasteiger charge is -2.15. The van der Waals surface area contributed by atoms with Crippen LogP contribution in [0.3, 0.4) is 0 Å². The molecule has 0 saturated carbocycles. The number of ether oxygens (including phenoxy) is 2. The van der Waals surface area contributed by atoms with Crippen LogP contribution in [0.5, 0.6) is 11.5 Å². The normalized spacial score (nSPS) is 16.0. The monoisotopic (exact) mass is 944 g/mol. The number of hydrogen-bond acceptors (Lipinski definition) is 17. The smallest absolute Gasteiger partial charge is 0.343 e. The Hall–Kier alpha value is -6.11. The zero-order valence-corrected chi connectivity index (χ0v) is 36.9. The van der Waals surface area contributed by atoms with Crippen LogP contribution in [0.4, 0.5) is 0 Å². The number of carbonyl (C=O) groups excluding carboxylic acids is 3. The van der Waals surface area contributed by atoms with Crippen LogP contribution in [0.2, 0.25) is 0 Å². The van der Waals surface area contributed by atoms with Gasteiger partial charge in [-0.1, -0.05) is 0 Å². The van der Waals surface area contributed by atoms with E-state index in [1.807, 2.05) is 0 Å². The largest absolute Gasteiger partial charge is 0.502 e. The summed E-state index contributed by atoms with van der Waals surface area (Å²) in [5.41, 5.74) is 0.532. The lowest BCUT2D eigenvalue weighted by atomic mass is 10.2. The lowest BCUT2D eigenvalue weighted by Crippen LogP contribution is -2.32. The number of aromatic nitrogens is 6. The molecule has 6 aromatic rings. The van der Waals surface area contributed by atoms with Crippen molar-refractivity contribution in [2.45, 2.75) is 65.1 Å². The predicted octanol–water partition coefficient (Wildman–Crippen LogP) is 2.26. The summed E-state index contributed by atoms with van der Waals surface area (Å²) in [6.45, 7) is 5.74. The summed E-state index contributed by atoms with van der Waals surface area (Å²) in [7, 11) is 0. The van der Waals surface area contributed by atoms with E-state index in [4.69, 9.17) is 31.5 Å². The molecule has 2 fully saturated rings. The number of carboxylic acids is 1. The number of likely N-dealkylation sites (tertiary alicyclic amines) is 1. The molecule has 0 aliphatic carbocycles. The van der Waals surface area contributed by atoms with Crippen LogP contribution in [-0.4, -0.2) is 139 Å². The number of aliphatic hydroxyl groups excluding tert-OH is 2. The molecule has 342 valence electrons. The summed E-state index contributed by atoms with van der Waals surface area (Å²) in [6, 6.07) is 3.38. The van der Waals surface area contributed by atoms with Crippen molar-refractivity contribution in [3.05, 3.63) is 90.6 Å². The molecule has 2 atom stereocenters. The van der Waals surface area contributed by atoms with Gasteiger partial charge in [-0.05, 0) is 61.4 Å². The van der Waals surface area contributed by atoms with Crippen molar-refractivity contribution >= 4 is 78.7 Å². The van der Waals surface area contributed by atoms with E-state index in [1.165, 1.54) is 53.6 Å². The van der Waals surface area contributed by atoms with E-state index in [1.54, 1.807) is 58.5 Å². The first-order chi connectivity index (χ1) is 30.6. The second-order valence-electron chi connectivity index (χ2n) is 14.5. The van der Waals surface area contributed by atoms with Crippen LogP contribution >= 0.6 is 34.5 Å². The van der Waals surface area contributed by atoms with Gasteiger partial charge in [-0.2, -0.15) is 10.2 Å². The molecule has 0 unspecified atom stereocenters. The van der Waals surface area contributed by atoms with Crippen LogP contribution < -0.4 is 11.1 Å². The Morgan fingerprint density at radius 3 is 1.61 bits per heavy atom. The maximum Gasteiger partial charge on any atom is 0.343 e. The fourth-order valence-electron chi connectivity index (χ4n) is 6.97. The zero-order valence-electron chi connectivity index (χ0n) is 34.5. The van der Waals surface area contributed by atoms with Gasteiger partial charge in [0.25, 0.3) is 11.1 Å². The highest BCUT2D eigenvalue weighted by Crippen LogP contribution is 2.31. The average molecular weight is 945 g/mol. The van der Waals surface area contributed by atoms with Crippen LogP contribution in [0.25, 0.3) is 20.4 Å². The van der Waals surface area contributed by atoms with Crippen LogP contribution in [0.15, 0.2) is 57.3 Å². The summed E-state index contributed by atoms with van der Waals surface area (Å²) in [6.07, 6.45) is 6.89.